The van der Waals surface area contributed by atoms with Crippen LogP contribution >= 0.6 is 15.9 Å². The van der Waals surface area contributed by atoms with Crippen molar-refractivity contribution in [3.8, 4) is 5.75 Å². The Morgan fingerprint density at radius 2 is 2.20 bits per heavy atom. The fourth-order valence-electron chi connectivity index (χ4n) is 2.74. The number of hydrogen-bond donors (Lipinski definition) is 0. The lowest BCUT2D eigenvalue weighted by Gasteiger charge is -2.33. The number of halogens is 1. The Morgan fingerprint density at radius 1 is 1.36 bits per heavy atom. The topological polar surface area (TPSA) is 51.7 Å². The van der Waals surface area contributed by atoms with Gasteiger partial charge in [0.1, 0.15) is 18.5 Å². The number of rotatable bonds is 4. The van der Waals surface area contributed by atoms with Gasteiger partial charge in [0, 0.05) is 22.3 Å². The van der Waals surface area contributed by atoms with Crippen LogP contribution in [0.15, 0.2) is 41.0 Å². The van der Waals surface area contributed by atoms with Gasteiger partial charge < -0.3 is 14.4 Å². The molecule has 3 rings (SSSR count). The Kier molecular flexibility index (Phi) is 5.71. The van der Waals surface area contributed by atoms with Crippen LogP contribution in [0, 0.1) is 13.8 Å². The van der Waals surface area contributed by atoms with Gasteiger partial charge in [0.15, 0.2) is 0 Å². The summed E-state index contributed by atoms with van der Waals surface area (Å²) in [7, 11) is 0. The highest BCUT2D eigenvalue weighted by molar-refractivity contribution is 9.10. The first kappa shape index (κ1) is 17.9. The van der Waals surface area contributed by atoms with Crippen LogP contribution in [0.4, 0.5) is 0 Å². The standard InChI is InChI=1S/C19H21BrN2O3/c1-13-6-7-15(10-21-13)25-12-16-11-22(8-9-24-16)19(23)17-4-3-5-18(20)14(17)2/h3-7,10,16H,8-9,11-12H2,1-2H3. The van der Waals surface area contributed by atoms with Crippen LogP contribution in [0.5, 0.6) is 5.75 Å². The van der Waals surface area contributed by atoms with E-state index < -0.39 is 0 Å². The number of hydrogen-bond acceptors (Lipinski definition) is 4. The Labute approximate surface area is 156 Å². The molecule has 132 valence electrons. The lowest BCUT2D eigenvalue weighted by atomic mass is 10.1. The van der Waals surface area contributed by atoms with Crippen molar-refractivity contribution in [2.45, 2.75) is 20.0 Å². The molecule has 2 aromatic rings. The van der Waals surface area contributed by atoms with E-state index in [4.69, 9.17) is 9.47 Å². The summed E-state index contributed by atoms with van der Waals surface area (Å²) >= 11 is 3.48. The number of amides is 1. The van der Waals surface area contributed by atoms with Crippen LogP contribution in [0.25, 0.3) is 0 Å². The van der Waals surface area contributed by atoms with Crippen molar-refractivity contribution in [1.29, 1.82) is 0 Å². The molecule has 0 radical (unpaired) electrons. The predicted molar refractivity (Wildman–Crippen MR) is 99.0 cm³/mol. The molecule has 1 aromatic carbocycles. The summed E-state index contributed by atoms with van der Waals surface area (Å²) in [6.45, 7) is 5.90. The van der Waals surface area contributed by atoms with E-state index in [1.807, 2.05) is 49.1 Å². The number of ether oxygens (including phenoxy) is 2. The van der Waals surface area contributed by atoms with E-state index in [1.165, 1.54) is 0 Å². The van der Waals surface area contributed by atoms with Gasteiger partial charge in [-0.15, -0.1) is 0 Å². The van der Waals surface area contributed by atoms with Gasteiger partial charge in [-0.3, -0.25) is 9.78 Å². The molecule has 0 spiro atoms. The maximum absolute atomic E-state index is 12.8. The molecular formula is C19H21BrN2O3. The molecule has 0 aliphatic carbocycles. The van der Waals surface area contributed by atoms with Crippen molar-refractivity contribution >= 4 is 21.8 Å². The highest BCUT2D eigenvalue weighted by atomic mass is 79.9. The summed E-state index contributed by atoms with van der Waals surface area (Å²) in [6, 6.07) is 9.48. The summed E-state index contributed by atoms with van der Waals surface area (Å²) in [5.41, 5.74) is 2.62. The van der Waals surface area contributed by atoms with Gasteiger partial charge in [0.05, 0.1) is 19.3 Å². The molecule has 0 N–H and O–H groups in total. The minimum atomic E-state index is -0.147. The van der Waals surface area contributed by atoms with Crippen molar-refractivity contribution < 1.29 is 14.3 Å². The first-order valence-corrected chi connectivity index (χ1v) is 9.05. The van der Waals surface area contributed by atoms with Crippen molar-refractivity contribution in [3.05, 3.63) is 57.8 Å². The molecular weight excluding hydrogens is 384 g/mol. The number of aromatic nitrogens is 1. The van der Waals surface area contributed by atoms with Gasteiger partial charge in [-0.1, -0.05) is 22.0 Å². The third-order valence-electron chi connectivity index (χ3n) is 4.24. The van der Waals surface area contributed by atoms with E-state index in [9.17, 15) is 4.79 Å². The maximum atomic E-state index is 12.8. The SMILES string of the molecule is Cc1ccc(OCC2CN(C(=O)c3cccc(Br)c3C)CCO2)cn1. The van der Waals surface area contributed by atoms with Crippen molar-refractivity contribution in [2.75, 3.05) is 26.3 Å². The molecule has 1 amide bonds. The summed E-state index contributed by atoms with van der Waals surface area (Å²) in [4.78, 5) is 18.9. The van der Waals surface area contributed by atoms with Crippen LogP contribution in [-0.2, 0) is 4.74 Å². The van der Waals surface area contributed by atoms with Gasteiger partial charge in [0.2, 0.25) is 0 Å². The van der Waals surface area contributed by atoms with Gasteiger partial charge in [0.25, 0.3) is 5.91 Å². The maximum Gasteiger partial charge on any atom is 0.254 e. The minimum Gasteiger partial charge on any atom is -0.489 e. The highest BCUT2D eigenvalue weighted by Gasteiger charge is 2.26. The van der Waals surface area contributed by atoms with E-state index in [0.717, 1.165) is 21.3 Å². The monoisotopic (exact) mass is 404 g/mol. The number of morpholine rings is 1. The molecule has 1 saturated heterocycles. The Morgan fingerprint density at radius 3 is 2.96 bits per heavy atom. The number of benzene rings is 1. The number of aryl methyl sites for hydroxylation is 1. The molecule has 1 unspecified atom stereocenters. The quantitative estimate of drug-likeness (QED) is 0.783. The van der Waals surface area contributed by atoms with Crippen LogP contribution in [0.1, 0.15) is 21.6 Å². The van der Waals surface area contributed by atoms with Crippen LogP contribution in [-0.4, -0.2) is 48.2 Å². The molecule has 0 saturated carbocycles. The van der Waals surface area contributed by atoms with Crippen molar-refractivity contribution in [3.63, 3.8) is 0 Å². The predicted octanol–water partition coefficient (Wildman–Crippen LogP) is 3.38. The van der Waals surface area contributed by atoms with Crippen molar-refractivity contribution in [2.24, 2.45) is 0 Å². The molecule has 25 heavy (non-hydrogen) atoms. The fourth-order valence-corrected chi connectivity index (χ4v) is 3.11. The van der Waals surface area contributed by atoms with E-state index in [2.05, 4.69) is 20.9 Å². The average Bonchev–Trinajstić information content (AvgIpc) is 2.63. The smallest absolute Gasteiger partial charge is 0.254 e. The second-order valence-corrected chi connectivity index (χ2v) is 6.96. The van der Waals surface area contributed by atoms with Gasteiger partial charge in [-0.25, -0.2) is 0 Å². The molecule has 0 bridgehead atoms. The molecule has 5 nitrogen and oxygen atoms in total. The third-order valence-corrected chi connectivity index (χ3v) is 5.10. The number of carbonyl (C=O) groups is 1. The van der Waals surface area contributed by atoms with Gasteiger partial charge in [-0.05, 0) is 43.7 Å². The lowest BCUT2D eigenvalue weighted by Crippen LogP contribution is -2.47. The van der Waals surface area contributed by atoms with Crippen LogP contribution < -0.4 is 4.74 Å². The van der Waals surface area contributed by atoms with E-state index in [1.54, 1.807) is 6.20 Å². The van der Waals surface area contributed by atoms with Crippen LogP contribution in [0.2, 0.25) is 0 Å². The van der Waals surface area contributed by atoms with E-state index >= 15 is 0 Å². The van der Waals surface area contributed by atoms with Gasteiger partial charge >= 0.3 is 0 Å². The minimum absolute atomic E-state index is 0.0316. The normalized spacial score (nSPS) is 17.4. The first-order valence-electron chi connectivity index (χ1n) is 8.26. The van der Waals surface area contributed by atoms with E-state index in [0.29, 0.717) is 32.1 Å². The Balaban J connectivity index is 1.61. The number of pyridine rings is 1. The second kappa shape index (κ2) is 7.97. The Bertz CT molecular complexity index is 749. The third kappa shape index (κ3) is 4.38. The summed E-state index contributed by atoms with van der Waals surface area (Å²) < 4.78 is 12.4. The summed E-state index contributed by atoms with van der Waals surface area (Å²) in [5.74, 6) is 0.740. The largest absolute Gasteiger partial charge is 0.489 e. The molecule has 1 atom stereocenters. The number of carbonyl (C=O) groups excluding carboxylic acids is 1. The number of nitrogens with zero attached hydrogens (tertiary/aromatic N) is 2. The molecule has 2 heterocycles. The van der Waals surface area contributed by atoms with Gasteiger partial charge in [-0.2, -0.15) is 0 Å². The zero-order chi connectivity index (χ0) is 17.8. The first-order chi connectivity index (χ1) is 12.0. The second-order valence-electron chi connectivity index (χ2n) is 6.10. The Hall–Kier alpha value is -1.92. The molecule has 1 aliphatic heterocycles. The molecule has 6 heteroatoms. The molecule has 1 aliphatic rings. The van der Waals surface area contributed by atoms with E-state index in [-0.39, 0.29) is 12.0 Å². The zero-order valence-corrected chi connectivity index (χ0v) is 16.0. The highest BCUT2D eigenvalue weighted by Crippen LogP contribution is 2.22. The lowest BCUT2D eigenvalue weighted by molar-refractivity contribution is -0.0401. The zero-order valence-electron chi connectivity index (χ0n) is 14.4. The fraction of sp³-hybridized carbons (Fsp3) is 0.368. The molecule has 1 fully saturated rings. The molecule has 1 aromatic heterocycles. The summed E-state index contributed by atoms with van der Waals surface area (Å²) in [6.07, 6.45) is 1.55. The average molecular weight is 405 g/mol. The summed E-state index contributed by atoms with van der Waals surface area (Å²) in [5, 5.41) is 0. The van der Waals surface area contributed by atoms with Crippen LogP contribution in [0.3, 0.4) is 0 Å². The van der Waals surface area contributed by atoms with Crippen molar-refractivity contribution in [1.82, 2.24) is 9.88 Å².